The number of anilines is 1. The van der Waals surface area contributed by atoms with Crippen molar-refractivity contribution in [1.29, 1.82) is 0 Å². The standard InChI is InChI=1S/C20H14F2N4O3S2/c1-26-17(28)12-7-6-10(8-13(12)24-20(26)30)16(27)25-19-23-14(9-31-19)11-4-2-3-5-15(11)29-18(21)22/h2-9,18H,1H3,(H,24,30)(H,23,25,27). The first-order valence-electron chi connectivity index (χ1n) is 8.87. The van der Waals surface area contributed by atoms with E-state index in [0.717, 1.165) is 11.3 Å². The molecule has 31 heavy (non-hydrogen) atoms. The molecule has 0 saturated heterocycles. The second-order valence-corrected chi connectivity index (χ2v) is 7.67. The van der Waals surface area contributed by atoms with Crippen molar-refractivity contribution < 1.29 is 18.3 Å². The van der Waals surface area contributed by atoms with Crippen LogP contribution in [0.4, 0.5) is 13.9 Å². The maximum atomic E-state index is 12.7. The Morgan fingerprint density at radius 2 is 2.06 bits per heavy atom. The van der Waals surface area contributed by atoms with E-state index in [1.807, 2.05) is 0 Å². The number of aromatic amines is 1. The van der Waals surface area contributed by atoms with Crippen molar-refractivity contribution in [1.82, 2.24) is 14.5 Å². The van der Waals surface area contributed by atoms with Gasteiger partial charge in [0.05, 0.1) is 16.6 Å². The monoisotopic (exact) mass is 460 g/mol. The number of alkyl halides is 2. The molecule has 4 rings (SSSR count). The van der Waals surface area contributed by atoms with E-state index < -0.39 is 12.5 Å². The predicted molar refractivity (Wildman–Crippen MR) is 117 cm³/mol. The van der Waals surface area contributed by atoms with E-state index in [1.165, 1.54) is 22.8 Å². The molecule has 11 heteroatoms. The van der Waals surface area contributed by atoms with E-state index in [9.17, 15) is 18.4 Å². The number of fused-ring (bicyclic) bond motifs is 1. The van der Waals surface area contributed by atoms with E-state index in [4.69, 9.17) is 12.2 Å². The highest BCUT2D eigenvalue weighted by Gasteiger charge is 2.15. The Morgan fingerprint density at radius 1 is 1.29 bits per heavy atom. The molecule has 0 aliphatic heterocycles. The summed E-state index contributed by atoms with van der Waals surface area (Å²) in [6.45, 7) is -2.96. The minimum atomic E-state index is -2.96. The first-order valence-corrected chi connectivity index (χ1v) is 10.2. The fourth-order valence-electron chi connectivity index (χ4n) is 2.95. The molecule has 2 aromatic heterocycles. The molecule has 0 aliphatic rings. The topological polar surface area (TPSA) is 89.0 Å². The number of hydrogen-bond donors (Lipinski definition) is 2. The molecule has 2 heterocycles. The van der Waals surface area contributed by atoms with E-state index in [-0.39, 0.29) is 21.2 Å². The summed E-state index contributed by atoms with van der Waals surface area (Å²) in [4.78, 5) is 32.1. The highest BCUT2D eigenvalue weighted by Crippen LogP contribution is 2.33. The number of thiazole rings is 1. The Morgan fingerprint density at radius 3 is 2.84 bits per heavy atom. The van der Waals surface area contributed by atoms with Crippen LogP contribution in [0.25, 0.3) is 22.2 Å². The number of halogens is 2. The lowest BCUT2D eigenvalue weighted by Crippen LogP contribution is -2.19. The molecule has 0 atom stereocenters. The first-order chi connectivity index (χ1) is 14.8. The third-order valence-electron chi connectivity index (χ3n) is 4.47. The highest BCUT2D eigenvalue weighted by atomic mass is 32.1. The van der Waals surface area contributed by atoms with E-state index in [0.29, 0.717) is 27.7 Å². The molecule has 4 aromatic rings. The Bertz CT molecular complexity index is 1410. The van der Waals surface area contributed by atoms with Crippen molar-refractivity contribution in [3.8, 4) is 17.0 Å². The Labute approximate surface area is 183 Å². The number of ether oxygens (including phenoxy) is 1. The van der Waals surface area contributed by atoms with Crippen LogP contribution < -0.4 is 15.6 Å². The van der Waals surface area contributed by atoms with Gasteiger partial charge in [-0.05, 0) is 42.5 Å². The van der Waals surface area contributed by atoms with E-state index in [2.05, 4.69) is 20.0 Å². The number of nitrogens with one attached hydrogen (secondary N) is 2. The maximum absolute atomic E-state index is 12.7. The van der Waals surface area contributed by atoms with E-state index >= 15 is 0 Å². The predicted octanol–water partition coefficient (Wildman–Crippen LogP) is 4.57. The number of benzene rings is 2. The molecule has 7 nitrogen and oxygen atoms in total. The summed E-state index contributed by atoms with van der Waals surface area (Å²) in [6.07, 6.45) is 0. The average Bonchev–Trinajstić information content (AvgIpc) is 3.20. The zero-order valence-electron chi connectivity index (χ0n) is 15.9. The van der Waals surface area contributed by atoms with Gasteiger partial charge >= 0.3 is 6.61 Å². The largest absolute Gasteiger partial charge is 0.434 e. The van der Waals surface area contributed by atoms with Gasteiger partial charge in [-0.25, -0.2) is 4.98 Å². The van der Waals surface area contributed by atoms with Gasteiger partial charge in [-0.3, -0.25) is 19.5 Å². The number of para-hydroxylation sites is 1. The first kappa shape index (κ1) is 20.8. The van der Waals surface area contributed by atoms with Crippen LogP contribution in [0, 0.1) is 4.77 Å². The zero-order valence-corrected chi connectivity index (χ0v) is 17.5. The number of amides is 1. The molecule has 1 amide bonds. The summed E-state index contributed by atoms with van der Waals surface area (Å²) in [5.41, 5.74) is 1.25. The second kappa shape index (κ2) is 8.36. The molecular weight excluding hydrogens is 446 g/mol. The summed E-state index contributed by atoms with van der Waals surface area (Å²) < 4.78 is 31.4. The Kier molecular flexibility index (Phi) is 5.61. The van der Waals surface area contributed by atoms with Crippen molar-refractivity contribution >= 4 is 45.5 Å². The van der Waals surface area contributed by atoms with Gasteiger partial charge in [-0.1, -0.05) is 12.1 Å². The van der Waals surface area contributed by atoms with Crippen LogP contribution in [0.3, 0.4) is 0 Å². The number of hydrogen-bond acceptors (Lipinski definition) is 6. The van der Waals surface area contributed by atoms with Crippen molar-refractivity contribution in [2.75, 3.05) is 5.32 Å². The third kappa shape index (κ3) is 4.23. The summed E-state index contributed by atoms with van der Waals surface area (Å²) in [6, 6.07) is 10.9. The van der Waals surface area contributed by atoms with Crippen LogP contribution in [-0.2, 0) is 7.05 Å². The minimum absolute atomic E-state index is 0.00737. The van der Waals surface area contributed by atoms with Crippen LogP contribution in [-0.4, -0.2) is 27.1 Å². The number of aromatic nitrogens is 3. The molecule has 0 aliphatic carbocycles. The van der Waals surface area contributed by atoms with Gasteiger partial charge in [0.1, 0.15) is 5.75 Å². The van der Waals surface area contributed by atoms with E-state index in [1.54, 1.807) is 36.7 Å². The average molecular weight is 460 g/mol. The molecule has 0 fully saturated rings. The van der Waals surface area contributed by atoms with Gasteiger partial charge in [0, 0.05) is 23.6 Å². The van der Waals surface area contributed by atoms with Crippen molar-refractivity contribution in [3.63, 3.8) is 0 Å². The van der Waals surface area contributed by atoms with Gasteiger partial charge in [0.25, 0.3) is 11.5 Å². The van der Waals surface area contributed by atoms with Crippen LogP contribution in [0.1, 0.15) is 10.4 Å². The lowest BCUT2D eigenvalue weighted by atomic mass is 10.1. The molecule has 0 bridgehead atoms. The van der Waals surface area contributed by atoms with Gasteiger partial charge in [-0.2, -0.15) is 8.78 Å². The molecule has 0 spiro atoms. The molecule has 2 aromatic carbocycles. The lowest BCUT2D eigenvalue weighted by Gasteiger charge is -2.08. The van der Waals surface area contributed by atoms with Crippen LogP contribution in [0.15, 0.2) is 52.6 Å². The molecular formula is C20H14F2N4O3S2. The summed E-state index contributed by atoms with van der Waals surface area (Å²) in [5, 5.41) is 4.98. The fourth-order valence-corrected chi connectivity index (χ4v) is 3.85. The summed E-state index contributed by atoms with van der Waals surface area (Å²) in [7, 11) is 1.56. The SMILES string of the molecule is Cn1c(=S)[nH]c2cc(C(=O)Nc3nc(-c4ccccc4OC(F)F)cs3)ccc2c1=O. The quantitative estimate of drug-likeness (QED) is 0.426. The Balaban J connectivity index is 1.60. The fraction of sp³-hybridized carbons (Fsp3) is 0.100. The van der Waals surface area contributed by atoms with Crippen LogP contribution >= 0.6 is 23.6 Å². The van der Waals surface area contributed by atoms with Gasteiger partial charge in [0.2, 0.25) is 0 Å². The third-order valence-corrected chi connectivity index (χ3v) is 5.60. The number of nitrogens with zero attached hydrogens (tertiary/aromatic N) is 2. The molecule has 158 valence electrons. The van der Waals surface area contributed by atoms with Gasteiger partial charge in [0.15, 0.2) is 9.90 Å². The zero-order chi connectivity index (χ0) is 22.1. The van der Waals surface area contributed by atoms with Crippen LogP contribution in [0.2, 0.25) is 0 Å². The van der Waals surface area contributed by atoms with Crippen molar-refractivity contribution in [3.05, 3.63) is 68.5 Å². The lowest BCUT2D eigenvalue weighted by molar-refractivity contribution is -0.0494. The number of rotatable bonds is 5. The smallest absolute Gasteiger partial charge is 0.387 e. The van der Waals surface area contributed by atoms with Gasteiger partial charge in [-0.15, -0.1) is 11.3 Å². The van der Waals surface area contributed by atoms with Crippen LogP contribution in [0.5, 0.6) is 5.75 Å². The maximum Gasteiger partial charge on any atom is 0.387 e. The van der Waals surface area contributed by atoms with Gasteiger partial charge < -0.3 is 9.72 Å². The minimum Gasteiger partial charge on any atom is -0.434 e. The molecule has 2 N–H and O–H groups in total. The van der Waals surface area contributed by atoms with Crippen molar-refractivity contribution in [2.45, 2.75) is 6.61 Å². The van der Waals surface area contributed by atoms with Crippen molar-refractivity contribution in [2.24, 2.45) is 7.05 Å². The molecule has 0 unspecified atom stereocenters. The summed E-state index contributed by atoms with van der Waals surface area (Å²) in [5.74, 6) is -0.452. The second-order valence-electron chi connectivity index (χ2n) is 6.42. The number of carbonyl (C=O) groups excluding carboxylic acids is 1. The number of carbonyl (C=O) groups is 1. The normalized spacial score (nSPS) is 11.1. The highest BCUT2D eigenvalue weighted by molar-refractivity contribution is 7.71. The molecule has 0 radical (unpaired) electrons. The number of H-pyrrole nitrogens is 1. The molecule has 0 saturated carbocycles. The Hall–Kier alpha value is -3.44. The summed E-state index contributed by atoms with van der Waals surface area (Å²) >= 11 is 6.25.